The smallest absolute Gasteiger partial charge is 0.237 e. The van der Waals surface area contributed by atoms with Gasteiger partial charge in [-0.3, -0.25) is 4.79 Å². The van der Waals surface area contributed by atoms with Gasteiger partial charge < -0.3 is 15.7 Å². The third kappa shape index (κ3) is 4.94. The van der Waals surface area contributed by atoms with Crippen LogP contribution in [0.1, 0.15) is 39.0 Å². The topological polar surface area (TPSA) is 61.4 Å². The molecule has 0 aliphatic carbocycles. The molecule has 94 valence electrons. The Morgan fingerprint density at radius 1 is 1.50 bits per heavy atom. The van der Waals surface area contributed by atoms with Gasteiger partial charge in [-0.25, -0.2) is 0 Å². The Morgan fingerprint density at radius 3 is 3.06 bits per heavy atom. The molecule has 0 spiro atoms. The van der Waals surface area contributed by atoms with Crippen molar-refractivity contribution < 1.29 is 9.90 Å². The molecule has 0 aromatic rings. The SMILES string of the molecule is CC(CCO)CNC(=O)C1CCCCCN1. The Labute approximate surface area is 97.8 Å². The summed E-state index contributed by atoms with van der Waals surface area (Å²) in [5.41, 5.74) is 0. The van der Waals surface area contributed by atoms with Crippen LogP contribution in [-0.2, 0) is 4.79 Å². The quantitative estimate of drug-likeness (QED) is 0.647. The highest BCUT2D eigenvalue weighted by Crippen LogP contribution is 2.08. The van der Waals surface area contributed by atoms with Crippen LogP contribution >= 0.6 is 0 Å². The van der Waals surface area contributed by atoms with Crippen molar-refractivity contribution in [3.63, 3.8) is 0 Å². The van der Waals surface area contributed by atoms with Gasteiger partial charge in [0.25, 0.3) is 0 Å². The first-order chi connectivity index (χ1) is 7.74. The number of nitrogens with one attached hydrogen (secondary N) is 2. The lowest BCUT2D eigenvalue weighted by Gasteiger charge is -2.17. The van der Waals surface area contributed by atoms with Crippen molar-refractivity contribution in [2.45, 2.75) is 45.1 Å². The molecule has 4 heteroatoms. The van der Waals surface area contributed by atoms with Gasteiger partial charge in [-0.2, -0.15) is 0 Å². The van der Waals surface area contributed by atoms with Gasteiger partial charge in [-0.15, -0.1) is 0 Å². The zero-order valence-electron chi connectivity index (χ0n) is 10.2. The van der Waals surface area contributed by atoms with Crippen LogP contribution in [0.25, 0.3) is 0 Å². The van der Waals surface area contributed by atoms with E-state index >= 15 is 0 Å². The van der Waals surface area contributed by atoms with Gasteiger partial charge in [0.2, 0.25) is 5.91 Å². The standard InChI is InChI=1S/C12H24N2O2/c1-10(6-8-15)9-14-12(16)11-5-3-2-4-7-13-11/h10-11,13,15H,2-9H2,1H3,(H,14,16). The summed E-state index contributed by atoms with van der Waals surface area (Å²) in [5, 5.41) is 15.0. The van der Waals surface area contributed by atoms with Crippen molar-refractivity contribution >= 4 is 5.91 Å². The molecule has 0 aromatic heterocycles. The Hall–Kier alpha value is -0.610. The van der Waals surface area contributed by atoms with Gasteiger partial charge in [0, 0.05) is 13.2 Å². The predicted octanol–water partition coefficient (Wildman–Crippen LogP) is 0.653. The van der Waals surface area contributed by atoms with E-state index in [1.807, 2.05) is 6.92 Å². The van der Waals surface area contributed by atoms with E-state index in [-0.39, 0.29) is 18.6 Å². The number of carbonyl (C=O) groups excluding carboxylic acids is 1. The summed E-state index contributed by atoms with van der Waals surface area (Å²) in [7, 11) is 0. The summed E-state index contributed by atoms with van der Waals surface area (Å²) >= 11 is 0. The fraction of sp³-hybridized carbons (Fsp3) is 0.917. The molecular weight excluding hydrogens is 204 g/mol. The van der Waals surface area contributed by atoms with Crippen LogP contribution in [0.15, 0.2) is 0 Å². The number of aliphatic hydroxyl groups excluding tert-OH is 1. The number of amides is 1. The van der Waals surface area contributed by atoms with E-state index in [1.165, 1.54) is 12.8 Å². The second-order valence-electron chi connectivity index (χ2n) is 4.72. The molecule has 0 aromatic carbocycles. The van der Waals surface area contributed by atoms with Gasteiger partial charge in [0.15, 0.2) is 0 Å². The second-order valence-corrected chi connectivity index (χ2v) is 4.72. The van der Waals surface area contributed by atoms with Crippen LogP contribution in [0.3, 0.4) is 0 Å². The van der Waals surface area contributed by atoms with E-state index in [0.717, 1.165) is 25.8 Å². The molecule has 1 heterocycles. The van der Waals surface area contributed by atoms with Crippen molar-refractivity contribution in [2.24, 2.45) is 5.92 Å². The summed E-state index contributed by atoms with van der Waals surface area (Å²) in [6.45, 7) is 3.84. The highest BCUT2D eigenvalue weighted by atomic mass is 16.3. The van der Waals surface area contributed by atoms with Crippen LogP contribution in [0.4, 0.5) is 0 Å². The first kappa shape index (κ1) is 13.5. The highest BCUT2D eigenvalue weighted by Gasteiger charge is 2.19. The Morgan fingerprint density at radius 2 is 2.31 bits per heavy atom. The van der Waals surface area contributed by atoms with Gasteiger partial charge >= 0.3 is 0 Å². The van der Waals surface area contributed by atoms with Crippen molar-refractivity contribution in [2.75, 3.05) is 19.7 Å². The van der Waals surface area contributed by atoms with Crippen LogP contribution in [-0.4, -0.2) is 36.8 Å². The third-order valence-corrected chi connectivity index (χ3v) is 3.12. The third-order valence-electron chi connectivity index (χ3n) is 3.12. The molecule has 0 bridgehead atoms. The van der Waals surface area contributed by atoms with Gasteiger partial charge in [-0.1, -0.05) is 19.8 Å². The molecule has 1 aliphatic heterocycles. The van der Waals surface area contributed by atoms with Gasteiger partial charge in [0.05, 0.1) is 6.04 Å². The zero-order chi connectivity index (χ0) is 11.8. The van der Waals surface area contributed by atoms with Gasteiger partial charge in [0.1, 0.15) is 0 Å². The van der Waals surface area contributed by atoms with Crippen LogP contribution in [0.2, 0.25) is 0 Å². The van der Waals surface area contributed by atoms with E-state index in [4.69, 9.17) is 5.11 Å². The van der Waals surface area contributed by atoms with Crippen molar-refractivity contribution in [1.82, 2.24) is 10.6 Å². The average molecular weight is 228 g/mol. The summed E-state index contributed by atoms with van der Waals surface area (Å²) in [5.74, 6) is 0.464. The molecule has 3 N–H and O–H groups in total. The maximum absolute atomic E-state index is 11.8. The number of rotatable bonds is 5. The maximum atomic E-state index is 11.8. The minimum atomic E-state index is -0.0103. The summed E-state index contributed by atoms with van der Waals surface area (Å²) in [4.78, 5) is 11.8. The molecule has 16 heavy (non-hydrogen) atoms. The van der Waals surface area contributed by atoms with E-state index in [1.54, 1.807) is 0 Å². The van der Waals surface area contributed by atoms with Crippen molar-refractivity contribution in [3.8, 4) is 0 Å². The maximum Gasteiger partial charge on any atom is 0.237 e. The zero-order valence-corrected chi connectivity index (χ0v) is 10.2. The largest absolute Gasteiger partial charge is 0.396 e. The van der Waals surface area contributed by atoms with Crippen LogP contribution in [0.5, 0.6) is 0 Å². The van der Waals surface area contributed by atoms with Crippen molar-refractivity contribution in [3.05, 3.63) is 0 Å². The number of aliphatic hydroxyl groups is 1. The second kappa shape index (κ2) is 7.63. The summed E-state index contributed by atoms with van der Waals surface area (Å²) in [6.07, 6.45) is 5.22. The molecular formula is C12H24N2O2. The molecule has 1 saturated heterocycles. The van der Waals surface area contributed by atoms with Crippen LogP contribution in [0, 0.1) is 5.92 Å². The fourth-order valence-electron chi connectivity index (χ4n) is 1.97. The Balaban J connectivity index is 2.22. The summed E-state index contributed by atoms with van der Waals surface area (Å²) < 4.78 is 0. The average Bonchev–Trinajstić information content (AvgIpc) is 2.55. The molecule has 1 aliphatic rings. The lowest BCUT2D eigenvalue weighted by atomic mass is 10.1. The number of hydrogen-bond acceptors (Lipinski definition) is 3. The highest BCUT2D eigenvalue weighted by molar-refractivity contribution is 5.81. The molecule has 0 radical (unpaired) electrons. The molecule has 1 fully saturated rings. The van der Waals surface area contributed by atoms with Crippen molar-refractivity contribution in [1.29, 1.82) is 0 Å². The number of carbonyl (C=O) groups is 1. The number of hydrogen-bond donors (Lipinski definition) is 3. The molecule has 4 nitrogen and oxygen atoms in total. The first-order valence-electron chi connectivity index (χ1n) is 6.36. The van der Waals surface area contributed by atoms with Gasteiger partial charge in [-0.05, 0) is 31.7 Å². The molecule has 2 unspecified atom stereocenters. The first-order valence-corrected chi connectivity index (χ1v) is 6.36. The monoisotopic (exact) mass is 228 g/mol. The minimum absolute atomic E-state index is 0.0103. The lowest BCUT2D eigenvalue weighted by molar-refractivity contribution is -0.123. The van der Waals surface area contributed by atoms with E-state index in [9.17, 15) is 4.79 Å². The summed E-state index contributed by atoms with van der Waals surface area (Å²) in [6, 6.07) is -0.0103. The molecule has 1 amide bonds. The Bertz CT molecular complexity index is 201. The lowest BCUT2D eigenvalue weighted by Crippen LogP contribution is -2.44. The minimum Gasteiger partial charge on any atom is -0.396 e. The fourth-order valence-corrected chi connectivity index (χ4v) is 1.97. The Kier molecular flexibility index (Phi) is 6.42. The van der Waals surface area contributed by atoms with E-state index < -0.39 is 0 Å². The van der Waals surface area contributed by atoms with Crippen LogP contribution < -0.4 is 10.6 Å². The molecule has 1 rings (SSSR count). The van der Waals surface area contributed by atoms with E-state index in [0.29, 0.717) is 12.5 Å². The molecule has 0 saturated carbocycles. The molecule has 2 atom stereocenters. The normalized spacial score (nSPS) is 23.5. The van der Waals surface area contributed by atoms with E-state index in [2.05, 4.69) is 10.6 Å². The predicted molar refractivity (Wildman–Crippen MR) is 64.1 cm³/mol.